The Morgan fingerprint density at radius 3 is 1.42 bits per heavy atom. The second-order valence-electron chi connectivity index (χ2n) is 12.0. The summed E-state index contributed by atoms with van der Waals surface area (Å²) >= 11 is 0. The molecular weight excluding hydrogens is 585 g/mol. The monoisotopic (exact) mass is 610 g/mol. The second kappa shape index (κ2) is 10.9. The van der Waals surface area contributed by atoms with Crippen molar-refractivity contribution in [3.05, 3.63) is 169 Å². The molecule has 9 aromatic rings. The van der Waals surface area contributed by atoms with Gasteiger partial charge in [0.05, 0.1) is 45.0 Å². The fourth-order valence-corrected chi connectivity index (χ4v) is 7.29. The summed E-state index contributed by atoms with van der Waals surface area (Å²) in [6.07, 6.45) is 0. The normalized spacial score (nSPS) is 11.3. The molecule has 7 aromatic carbocycles. The van der Waals surface area contributed by atoms with Gasteiger partial charge in [-0.25, -0.2) is 0 Å². The molecule has 0 N–H and O–H groups in total. The number of fused-ring (bicyclic) bond motifs is 6. The molecular formula is C44H26N4. The second-order valence-corrected chi connectivity index (χ2v) is 12.0. The van der Waals surface area contributed by atoms with E-state index in [4.69, 9.17) is 0 Å². The van der Waals surface area contributed by atoms with Crippen LogP contribution in [-0.4, -0.2) is 9.13 Å². The fraction of sp³-hybridized carbons (Fsp3) is 0. The van der Waals surface area contributed by atoms with Gasteiger partial charge < -0.3 is 9.13 Å². The standard InChI is InChI=1S/C44H26N4/c45-27-29-24-32(30-20-22-34(23-21-30)47-40-16-5-1-11-36(40)37-12-2-6-17-41(37)47)26-33(25-29)35-15-9-10-31(28-46)44(35)48-42-18-7-3-13-38(42)39-14-4-8-19-43(39)48/h1-26H. The molecule has 0 amide bonds. The Bertz CT molecular complexity index is 2690. The molecule has 4 nitrogen and oxygen atoms in total. The van der Waals surface area contributed by atoms with E-state index in [1.165, 1.54) is 10.8 Å². The van der Waals surface area contributed by atoms with Gasteiger partial charge in [0.15, 0.2) is 0 Å². The Morgan fingerprint density at radius 1 is 0.396 bits per heavy atom. The van der Waals surface area contributed by atoms with Crippen LogP contribution in [0, 0.1) is 22.7 Å². The Morgan fingerprint density at radius 2 is 0.896 bits per heavy atom. The lowest BCUT2D eigenvalue weighted by atomic mass is 9.94. The van der Waals surface area contributed by atoms with Crippen LogP contribution in [0.3, 0.4) is 0 Å². The van der Waals surface area contributed by atoms with E-state index in [9.17, 15) is 10.5 Å². The molecule has 0 radical (unpaired) electrons. The average Bonchev–Trinajstić information content (AvgIpc) is 3.67. The van der Waals surface area contributed by atoms with E-state index in [-0.39, 0.29) is 0 Å². The van der Waals surface area contributed by atoms with Crippen molar-refractivity contribution >= 4 is 43.6 Å². The Hall–Kier alpha value is -6.88. The van der Waals surface area contributed by atoms with Crippen LogP contribution in [0.4, 0.5) is 0 Å². The molecule has 2 aromatic heterocycles. The largest absolute Gasteiger partial charge is 0.309 e. The van der Waals surface area contributed by atoms with Crippen LogP contribution in [0.5, 0.6) is 0 Å². The third-order valence-corrected chi connectivity index (χ3v) is 9.37. The van der Waals surface area contributed by atoms with Crippen molar-refractivity contribution in [3.63, 3.8) is 0 Å². The quantitative estimate of drug-likeness (QED) is 0.199. The molecule has 0 aliphatic rings. The highest BCUT2D eigenvalue weighted by molar-refractivity contribution is 6.10. The molecule has 0 fully saturated rings. The van der Waals surface area contributed by atoms with E-state index in [0.29, 0.717) is 11.1 Å². The van der Waals surface area contributed by atoms with Gasteiger partial charge in [-0.15, -0.1) is 0 Å². The van der Waals surface area contributed by atoms with Crippen LogP contribution >= 0.6 is 0 Å². The van der Waals surface area contributed by atoms with E-state index in [2.05, 4.69) is 124 Å². The minimum atomic E-state index is 0.560. The first-order valence-corrected chi connectivity index (χ1v) is 15.9. The van der Waals surface area contributed by atoms with Crippen LogP contribution in [0.2, 0.25) is 0 Å². The van der Waals surface area contributed by atoms with Gasteiger partial charge in [0.2, 0.25) is 0 Å². The SMILES string of the molecule is N#Cc1cc(-c2ccc(-n3c4ccccc4c4ccccc43)cc2)cc(-c2cccc(C#N)c2-n2c3ccccc3c3ccccc32)c1. The smallest absolute Gasteiger partial charge is 0.101 e. The van der Waals surface area contributed by atoms with Gasteiger partial charge in [0.25, 0.3) is 0 Å². The molecule has 4 heteroatoms. The van der Waals surface area contributed by atoms with Crippen molar-refractivity contribution in [2.45, 2.75) is 0 Å². The highest BCUT2D eigenvalue weighted by atomic mass is 15.0. The van der Waals surface area contributed by atoms with Crippen molar-refractivity contribution in [1.82, 2.24) is 9.13 Å². The summed E-state index contributed by atoms with van der Waals surface area (Å²) in [5, 5.41) is 25.3. The van der Waals surface area contributed by atoms with E-state index < -0.39 is 0 Å². The maximum atomic E-state index is 10.4. The zero-order valence-corrected chi connectivity index (χ0v) is 25.8. The van der Waals surface area contributed by atoms with Crippen molar-refractivity contribution in [2.75, 3.05) is 0 Å². The first-order chi connectivity index (χ1) is 23.7. The highest BCUT2D eigenvalue weighted by Gasteiger charge is 2.19. The Kier molecular flexibility index (Phi) is 6.22. The molecule has 0 spiro atoms. The highest BCUT2D eigenvalue weighted by Crippen LogP contribution is 2.39. The zero-order valence-electron chi connectivity index (χ0n) is 25.8. The van der Waals surface area contributed by atoms with E-state index in [1.807, 2.05) is 54.6 Å². The number of hydrogen-bond donors (Lipinski definition) is 0. The molecule has 0 aliphatic heterocycles. The lowest BCUT2D eigenvalue weighted by Crippen LogP contribution is -2.01. The van der Waals surface area contributed by atoms with Crippen molar-refractivity contribution in [3.8, 4) is 45.8 Å². The maximum absolute atomic E-state index is 10.4. The third kappa shape index (κ3) is 4.14. The van der Waals surface area contributed by atoms with Crippen LogP contribution in [0.25, 0.3) is 77.2 Å². The van der Waals surface area contributed by atoms with Crippen LogP contribution in [0.15, 0.2) is 158 Å². The first-order valence-electron chi connectivity index (χ1n) is 15.9. The van der Waals surface area contributed by atoms with Crippen molar-refractivity contribution in [2.24, 2.45) is 0 Å². The lowest BCUT2D eigenvalue weighted by Gasteiger charge is -2.17. The van der Waals surface area contributed by atoms with Gasteiger partial charge in [0.1, 0.15) is 6.07 Å². The number of aromatic nitrogens is 2. The molecule has 9 rings (SSSR count). The van der Waals surface area contributed by atoms with Gasteiger partial charge in [-0.05, 0) is 77.4 Å². The van der Waals surface area contributed by atoms with Gasteiger partial charge >= 0.3 is 0 Å². The Labute approximate surface area is 277 Å². The summed E-state index contributed by atoms with van der Waals surface area (Å²) in [7, 11) is 0. The predicted molar refractivity (Wildman–Crippen MR) is 195 cm³/mol. The number of para-hydroxylation sites is 5. The number of hydrogen-bond acceptors (Lipinski definition) is 2. The van der Waals surface area contributed by atoms with Crippen molar-refractivity contribution in [1.29, 1.82) is 10.5 Å². The van der Waals surface area contributed by atoms with E-state index in [1.54, 1.807) is 0 Å². The van der Waals surface area contributed by atoms with Gasteiger partial charge in [0, 0.05) is 32.8 Å². The summed E-state index contributed by atoms with van der Waals surface area (Å²) in [6, 6.07) is 58.8. The van der Waals surface area contributed by atoms with E-state index in [0.717, 1.165) is 66.5 Å². The minimum absolute atomic E-state index is 0.560. The number of nitriles is 2. The molecule has 0 aliphatic carbocycles. The number of rotatable bonds is 4. The summed E-state index contributed by atoms with van der Waals surface area (Å²) in [5.74, 6) is 0. The molecule has 0 atom stereocenters. The summed E-state index contributed by atoms with van der Waals surface area (Å²) < 4.78 is 4.49. The number of benzene rings is 7. The van der Waals surface area contributed by atoms with Gasteiger partial charge in [-0.1, -0.05) is 97.1 Å². The first kappa shape index (κ1) is 27.4. The predicted octanol–water partition coefficient (Wildman–Crippen LogP) is 11.0. The molecule has 0 unspecified atom stereocenters. The van der Waals surface area contributed by atoms with Crippen LogP contribution in [-0.2, 0) is 0 Å². The third-order valence-electron chi connectivity index (χ3n) is 9.37. The van der Waals surface area contributed by atoms with Crippen LogP contribution < -0.4 is 0 Å². The van der Waals surface area contributed by atoms with E-state index >= 15 is 0 Å². The van der Waals surface area contributed by atoms with Crippen molar-refractivity contribution < 1.29 is 0 Å². The molecule has 0 bridgehead atoms. The summed E-state index contributed by atoms with van der Waals surface area (Å²) in [4.78, 5) is 0. The minimum Gasteiger partial charge on any atom is -0.309 e. The average molecular weight is 611 g/mol. The number of nitrogens with zero attached hydrogens (tertiary/aromatic N) is 4. The molecule has 0 saturated carbocycles. The van der Waals surface area contributed by atoms with Gasteiger partial charge in [-0.2, -0.15) is 10.5 Å². The summed E-state index contributed by atoms with van der Waals surface area (Å²) in [5.41, 5.74) is 11.1. The van der Waals surface area contributed by atoms with Gasteiger partial charge in [-0.3, -0.25) is 0 Å². The maximum Gasteiger partial charge on any atom is 0.101 e. The molecule has 2 heterocycles. The zero-order chi connectivity index (χ0) is 32.2. The summed E-state index contributed by atoms with van der Waals surface area (Å²) in [6.45, 7) is 0. The topological polar surface area (TPSA) is 57.4 Å². The fourth-order valence-electron chi connectivity index (χ4n) is 7.29. The Balaban J connectivity index is 1.22. The lowest BCUT2D eigenvalue weighted by molar-refractivity contribution is 1.17. The molecule has 0 saturated heterocycles. The molecule has 222 valence electrons. The van der Waals surface area contributed by atoms with Crippen LogP contribution in [0.1, 0.15) is 11.1 Å². The molecule has 48 heavy (non-hydrogen) atoms.